The number of carbonyl (C=O) groups is 1. The highest BCUT2D eigenvalue weighted by Crippen LogP contribution is 2.45. The Morgan fingerprint density at radius 3 is 2.71 bits per heavy atom. The first-order valence-electron chi connectivity index (χ1n) is 7.67. The number of aromatic nitrogens is 4. The average molecular weight is 358 g/mol. The molecule has 1 amide bonds. The Morgan fingerprint density at radius 2 is 2.17 bits per heavy atom. The monoisotopic (exact) mass is 357 g/mol. The maximum absolute atomic E-state index is 13.0. The maximum Gasteiger partial charge on any atom is 0.283 e. The summed E-state index contributed by atoms with van der Waals surface area (Å²) in [5.74, 6) is -0.189. The lowest BCUT2D eigenvalue weighted by Crippen LogP contribution is -2.28. The van der Waals surface area contributed by atoms with Gasteiger partial charge in [-0.25, -0.2) is 8.78 Å². The van der Waals surface area contributed by atoms with Crippen molar-refractivity contribution < 1.29 is 13.6 Å². The van der Waals surface area contributed by atoms with Gasteiger partial charge < -0.3 is 5.32 Å². The van der Waals surface area contributed by atoms with Crippen LogP contribution in [0.2, 0.25) is 5.02 Å². The van der Waals surface area contributed by atoms with Crippen molar-refractivity contribution in [2.45, 2.75) is 45.2 Å². The summed E-state index contributed by atoms with van der Waals surface area (Å²) in [6.45, 7) is 2.06. The van der Waals surface area contributed by atoms with Crippen LogP contribution in [0.5, 0.6) is 0 Å². The van der Waals surface area contributed by atoms with Gasteiger partial charge in [-0.3, -0.25) is 14.2 Å². The molecule has 6 nitrogen and oxygen atoms in total. The Balaban J connectivity index is 1.70. The van der Waals surface area contributed by atoms with Crippen LogP contribution in [0.15, 0.2) is 6.20 Å². The van der Waals surface area contributed by atoms with Crippen molar-refractivity contribution in [2.24, 2.45) is 7.05 Å². The van der Waals surface area contributed by atoms with Crippen LogP contribution in [0.4, 0.5) is 8.78 Å². The lowest BCUT2D eigenvalue weighted by atomic mass is 10.2. The average Bonchev–Trinajstić information content (AvgIpc) is 3.20. The number of aryl methyl sites for hydroxylation is 2. The van der Waals surface area contributed by atoms with Gasteiger partial charge in [0.2, 0.25) is 5.91 Å². The first kappa shape index (κ1) is 16.9. The minimum Gasteiger partial charge on any atom is -0.350 e. The molecule has 1 aliphatic rings. The van der Waals surface area contributed by atoms with E-state index in [2.05, 4.69) is 15.5 Å². The minimum atomic E-state index is -2.75. The SMILES string of the molecule is Cc1nn(C)cc1CNC(=O)Cn1nc(C(F)F)c(Cl)c1C1CC1. The molecule has 24 heavy (non-hydrogen) atoms. The van der Waals surface area contributed by atoms with E-state index in [4.69, 9.17) is 11.6 Å². The third kappa shape index (κ3) is 3.43. The molecule has 1 saturated carbocycles. The summed E-state index contributed by atoms with van der Waals surface area (Å²) in [4.78, 5) is 12.2. The summed E-state index contributed by atoms with van der Waals surface area (Å²) in [6, 6.07) is 0. The number of alkyl halides is 2. The maximum atomic E-state index is 13.0. The van der Waals surface area contributed by atoms with E-state index in [1.807, 2.05) is 13.1 Å². The number of carbonyl (C=O) groups excluding carboxylic acids is 1. The number of halogens is 3. The zero-order valence-corrected chi connectivity index (χ0v) is 14.1. The van der Waals surface area contributed by atoms with Crippen molar-refractivity contribution >= 4 is 17.5 Å². The van der Waals surface area contributed by atoms with Gasteiger partial charge in [0.25, 0.3) is 6.43 Å². The van der Waals surface area contributed by atoms with Crippen LogP contribution in [0, 0.1) is 6.92 Å². The van der Waals surface area contributed by atoms with Crippen LogP contribution in [0.3, 0.4) is 0 Å². The number of nitrogens with zero attached hydrogens (tertiary/aromatic N) is 4. The normalized spacial score (nSPS) is 14.4. The zero-order valence-electron chi connectivity index (χ0n) is 13.4. The van der Waals surface area contributed by atoms with E-state index in [1.54, 1.807) is 11.7 Å². The third-order valence-electron chi connectivity index (χ3n) is 4.01. The van der Waals surface area contributed by atoms with E-state index in [1.165, 1.54) is 4.68 Å². The van der Waals surface area contributed by atoms with E-state index in [0.717, 1.165) is 24.1 Å². The molecule has 0 atom stereocenters. The molecule has 0 radical (unpaired) electrons. The molecule has 2 heterocycles. The first-order valence-corrected chi connectivity index (χ1v) is 8.04. The van der Waals surface area contributed by atoms with Gasteiger partial charge in [0.05, 0.1) is 16.4 Å². The highest BCUT2D eigenvalue weighted by Gasteiger charge is 2.34. The molecule has 2 aromatic heterocycles. The van der Waals surface area contributed by atoms with Gasteiger partial charge in [0.1, 0.15) is 12.2 Å². The van der Waals surface area contributed by atoms with Crippen molar-refractivity contribution in [3.8, 4) is 0 Å². The standard InChI is InChI=1S/C15H18ClF2N5O/c1-8-10(6-22(2)20-8)5-19-11(24)7-23-14(9-3-4-9)12(16)13(21-23)15(17)18/h6,9,15H,3-5,7H2,1-2H3,(H,19,24). The van der Waals surface area contributed by atoms with Gasteiger partial charge >= 0.3 is 0 Å². The number of hydrogen-bond acceptors (Lipinski definition) is 3. The largest absolute Gasteiger partial charge is 0.350 e. The van der Waals surface area contributed by atoms with Gasteiger partial charge in [0.15, 0.2) is 0 Å². The third-order valence-corrected chi connectivity index (χ3v) is 4.40. The predicted molar refractivity (Wildman–Crippen MR) is 84.0 cm³/mol. The Labute approximate surface area is 142 Å². The lowest BCUT2D eigenvalue weighted by Gasteiger charge is -2.08. The van der Waals surface area contributed by atoms with E-state index in [0.29, 0.717) is 12.2 Å². The molecule has 2 aromatic rings. The smallest absolute Gasteiger partial charge is 0.283 e. The molecule has 3 rings (SSSR count). The van der Waals surface area contributed by atoms with Crippen LogP contribution in [-0.2, 0) is 24.9 Å². The van der Waals surface area contributed by atoms with Gasteiger partial charge in [-0.05, 0) is 19.8 Å². The van der Waals surface area contributed by atoms with Crippen molar-refractivity contribution in [2.75, 3.05) is 0 Å². The highest BCUT2D eigenvalue weighted by molar-refractivity contribution is 6.32. The fourth-order valence-corrected chi connectivity index (χ4v) is 3.06. The molecular weight excluding hydrogens is 340 g/mol. The van der Waals surface area contributed by atoms with E-state index in [-0.39, 0.29) is 23.4 Å². The molecule has 0 spiro atoms. The van der Waals surface area contributed by atoms with Crippen LogP contribution < -0.4 is 5.32 Å². The Kier molecular flexibility index (Phi) is 4.58. The van der Waals surface area contributed by atoms with Gasteiger partial charge in [0, 0.05) is 31.3 Å². The number of amides is 1. The molecule has 0 unspecified atom stereocenters. The molecule has 0 saturated heterocycles. The lowest BCUT2D eigenvalue weighted by molar-refractivity contribution is -0.122. The summed E-state index contributed by atoms with van der Waals surface area (Å²) in [7, 11) is 1.80. The molecule has 0 aliphatic heterocycles. The van der Waals surface area contributed by atoms with Crippen LogP contribution in [-0.4, -0.2) is 25.5 Å². The minimum absolute atomic E-state index is 0.0107. The quantitative estimate of drug-likeness (QED) is 0.864. The van der Waals surface area contributed by atoms with Crippen molar-refractivity contribution in [3.05, 3.63) is 33.9 Å². The molecule has 1 aliphatic carbocycles. The Bertz CT molecular complexity index is 766. The Hall–Kier alpha value is -1.96. The number of rotatable bonds is 6. The fraction of sp³-hybridized carbons (Fsp3) is 0.533. The van der Waals surface area contributed by atoms with Crippen molar-refractivity contribution in [3.63, 3.8) is 0 Å². The molecule has 1 fully saturated rings. The van der Waals surface area contributed by atoms with Crippen LogP contribution >= 0.6 is 11.6 Å². The van der Waals surface area contributed by atoms with Crippen molar-refractivity contribution in [1.82, 2.24) is 24.9 Å². The molecular formula is C15H18ClF2N5O. The summed E-state index contributed by atoms with van der Waals surface area (Å²) in [5.41, 5.74) is 1.83. The fourth-order valence-electron chi connectivity index (χ4n) is 2.69. The first-order chi connectivity index (χ1) is 11.4. The number of hydrogen-bond donors (Lipinski definition) is 1. The molecule has 0 bridgehead atoms. The second kappa shape index (κ2) is 6.51. The second-order valence-electron chi connectivity index (χ2n) is 6.01. The summed E-state index contributed by atoms with van der Waals surface area (Å²) < 4.78 is 29.0. The molecule has 1 N–H and O–H groups in total. The number of nitrogens with one attached hydrogen (secondary N) is 1. The summed E-state index contributed by atoms with van der Waals surface area (Å²) >= 11 is 6.03. The van der Waals surface area contributed by atoms with Crippen LogP contribution in [0.1, 0.15) is 47.8 Å². The van der Waals surface area contributed by atoms with E-state index < -0.39 is 12.1 Å². The van der Waals surface area contributed by atoms with Gasteiger partial charge in [-0.2, -0.15) is 10.2 Å². The molecule has 0 aromatic carbocycles. The highest BCUT2D eigenvalue weighted by atomic mass is 35.5. The van der Waals surface area contributed by atoms with E-state index >= 15 is 0 Å². The Morgan fingerprint density at radius 1 is 1.46 bits per heavy atom. The van der Waals surface area contributed by atoms with Gasteiger partial charge in [-0.15, -0.1) is 0 Å². The van der Waals surface area contributed by atoms with E-state index in [9.17, 15) is 13.6 Å². The molecule has 9 heteroatoms. The van der Waals surface area contributed by atoms with Gasteiger partial charge in [-0.1, -0.05) is 11.6 Å². The predicted octanol–water partition coefficient (Wildman–Crippen LogP) is 2.71. The van der Waals surface area contributed by atoms with Crippen molar-refractivity contribution in [1.29, 1.82) is 0 Å². The topological polar surface area (TPSA) is 64.7 Å². The molecule has 130 valence electrons. The van der Waals surface area contributed by atoms with Crippen LogP contribution in [0.25, 0.3) is 0 Å². The zero-order chi connectivity index (χ0) is 17.4. The summed E-state index contributed by atoms with van der Waals surface area (Å²) in [5, 5.41) is 10.8. The summed E-state index contributed by atoms with van der Waals surface area (Å²) in [6.07, 6.45) is 0.831. The second-order valence-corrected chi connectivity index (χ2v) is 6.39.